The second kappa shape index (κ2) is 7.29. The Morgan fingerprint density at radius 1 is 0.658 bits per heavy atom. The average Bonchev–Trinajstić information content (AvgIpc) is 3.23. The highest BCUT2D eigenvalue weighted by molar-refractivity contribution is 6.12. The molecule has 0 radical (unpaired) electrons. The molecule has 0 fully saturated rings. The van der Waals surface area contributed by atoms with E-state index in [1.807, 2.05) is 0 Å². The van der Waals surface area contributed by atoms with Crippen molar-refractivity contribution in [3.63, 3.8) is 0 Å². The van der Waals surface area contributed by atoms with Gasteiger partial charge in [-0.1, -0.05) is 61.4 Å². The van der Waals surface area contributed by atoms with Gasteiger partial charge in [0.2, 0.25) is 0 Å². The second-order valence-corrected chi connectivity index (χ2v) is 11.3. The summed E-state index contributed by atoms with van der Waals surface area (Å²) in [6, 6.07) is 29.5. The SMILES string of the molecule is Cc1ccc2c(c1)c1cc(C)cc3c1n2-c1ccc(-c2cccc4cc5nccnc5cc24)cc1C3(C)C. The summed E-state index contributed by atoms with van der Waals surface area (Å²) in [7, 11) is 0. The molecule has 3 nitrogen and oxygen atoms in total. The average molecular weight is 490 g/mol. The number of aryl methyl sites for hydroxylation is 2. The number of nitrogens with zero attached hydrogens (tertiary/aromatic N) is 3. The minimum atomic E-state index is -0.141. The molecule has 7 aromatic rings. The summed E-state index contributed by atoms with van der Waals surface area (Å²) in [4.78, 5) is 9.10. The van der Waals surface area contributed by atoms with Gasteiger partial charge in [0.25, 0.3) is 0 Å². The van der Waals surface area contributed by atoms with Crippen molar-refractivity contribution >= 4 is 43.6 Å². The van der Waals surface area contributed by atoms with Crippen LogP contribution in [-0.2, 0) is 5.41 Å². The normalized spacial score (nSPS) is 14.0. The van der Waals surface area contributed by atoms with Crippen molar-refractivity contribution in [3.8, 4) is 16.8 Å². The fraction of sp³-hybridized carbons (Fsp3) is 0.143. The van der Waals surface area contributed by atoms with Crippen molar-refractivity contribution in [2.24, 2.45) is 0 Å². The van der Waals surface area contributed by atoms with Crippen LogP contribution in [0.5, 0.6) is 0 Å². The van der Waals surface area contributed by atoms with E-state index in [4.69, 9.17) is 0 Å². The van der Waals surface area contributed by atoms with Crippen LogP contribution < -0.4 is 0 Å². The van der Waals surface area contributed by atoms with Crippen LogP contribution in [0.25, 0.3) is 60.4 Å². The number of hydrogen-bond donors (Lipinski definition) is 0. The highest BCUT2D eigenvalue weighted by atomic mass is 15.0. The molecule has 0 aliphatic carbocycles. The minimum absolute atomic E-state index is 0.141. The standard InChI is InChI=1S/C35H27N3/c1-20-8-10-32-26(14-20)27-15-21(2)16-29-34(27)38(32)33-11-9-23(17-28(33)35(29,3)4)24-7-5-6-22-18-30-31(19-25(22)24)37-13-12-36-30/h5-19H,1-4H3. The lowest BCUT2D eigenvalue weighted by Gasteiger charge is -2.35. The molecule has 0 atom stereocenters. The van der Waals surface area contributed by atoms with Gasteiger partial charge in [0.1, 0.15) is 0 Å². The topological polar surface area (TPSA) is 30.7 Å². The van der Waals surface area contributed by atoms with Gasteiger partial charge in [-0.05, 0) is 89.3 Å². The van der Waals surface area contributed by atoms with Gasteiger partial charge >= 0.3 is 0 Å². The van der Waals surface area contributed by atoms with Gasteiger partial charge in [0.05, 0.1) is 27.8 Å². The molecule has 1 aliphatic rings. The third-order valence-electron chi connectivity index (χ3n) is 8.53. The Kier molecular flexibility index (Phi) is 4.14. The summed E-state index contributed by atoms with van der Waals surface area (Å²) in [5, 5.41) is 5.07. The van der Waals surface area contributed by atoms with Gasteiger partial charge in [0.15, 0.2) is 0 Å². The van der Waals surface area contributed by atoms with E-state index in [9.17, 15) is 0 Å². The van der Waals surface area contributed by atoms with Gasteiger partial charge < -0.3 is 4.57 Å². The Labute approximate surface area is 221 Å². The Bertz CT molecular complexity index is 2130. The van der Waals surface area contributed by atoms with E-state index in [2.05, 4.69) is 121 Å². The van der Waals surface area contributed by atoms with E-state index < -0.39 is 0 Å². The Hall–Kier alpha value is -4.50. The molecule has 0 N–H and O–H groups in total. The molecule has 3 heterocycles. The third-order valence-corrected chi connectivity index (χ3v) is 8.53. The van der Waals surface area contributed by atoms with E-state index in [1.165, 1.54) is 71.6 Å². The molecule has 0 saturated carbocycles. The predicted molar refractivity (Wildman–Crippen MR) is 158 cm³/mol. The van der Waals surface area contributed by atoms with Gasteiger partial charge in [-0.3, -0.25) is 9.97 Å². The molecular formula is C35H27N3. The van der Waals surface area contributed by atoms with E-state index in [1.54, 1.807) is 12.4 Å². The van der Waals surface area contributed by atoms with Crippen LogP contribution in [0.4, 0.5) is 0 Å². The molecule has 0 unspecified atom stereocenters. The Morgan fingerprint density at radius 3 is 2.29 bits per heavy atom. The number of benzene rings is 5. The first-order valence-corrected chi connectivity index (χ1v) is 13.2. The van der Waals surface area contributed by atoms with Crippen LogP contribution >= 0.6 is 0 Å². The molecule has 0 spiro atoms. The first-order valence-electron chi connectivity index (χ1n) is 13.2. The molecule has 5 aromatic carbocycles. The third kappa shape index (κ3) is 2.79. The number of aromatic nitrogens is 3. The lowest BCUT2D eigenvalue weighted by Crippen LogP contribution is -2.26. The quantitative estimate of drug-likeness (QED) is 0.216. The molecule has 182 valence electrons. The van der Waals surface area contributed by atoms with E-state index in [-0.39, 0.29) is 5.41 Å². The predicted octanol–water partition coefficient (Wildman–Crippen LogP) is 8.80. The summed E-state index contributed by atoms with van der Waals surface area (Å²) in [5.74, 6) is 0. The Balaban J connectivity index is 1.44. The van der Waals surface area contributed by atoms with Crippen molar-refractivity contribution in [2.45, 2.75) is 33.1 Å². The Morgan fingerprint density at radius 2 is 1.45 bits per heavy atom. The van der Waals surface area contributed by atoms with Crippen molar-refractivity contribution in [1.82, 2.24) is 14.5 Å². The molecule has 3 heteroatoms. The lowest BCUT2D eigenvalue weighted by molar-refractivity contribution is 0.630. The van der Waals surface area contributed by atoms with Crippen LogP contribution in [0, 0.1) is 13.8 Å². The van der Waals surface area contributed by atoms with Crippen molar-refractivity contribution in [3.05, 3.63) is 114 Å². The minimum Gasteiger partial charge on any atom is -0.309 e. The largest absolute Gasteiger partial charge is 0.309 e. The van der Waals surface area contributed by atoms with E-state index in [0.29, 0.717) is 0 Å². The zero-order valence-corrected chi connectivity index (χ0v) is 22.0. The van der Waals surface area contributed by atoms with Crippen LogP contribution in [0.1, 0.15) is 36.1 Å². The summed E-state index contributed by atoms with van der Waals surface area (Å²) in [6.07, 6.45) is 3.52. The smallest absolute Gasteiger partial charge is 0.0893 e. The van der Waals surface area contributed by atoms with Crippen molar-refractivity contribution in [1.29, 1.82) is 0 Å². The van der Waals surface area contributed by atoms with Gasteiger partial charge in [-0.15, -0.1) is 0 Å². The second-order valence-electron chi connectivity index (χ2n) is 11.3. The maximum Gasteiger partial charge on any atom is 0.0893 e. The maximum absolute atomic E-state index is 4.58. The highest BCUT2D eigenvalue weighted by Gasteiger charge is 2.35. The molecule has 8 rings (SSSR count). The first-order chi connectivity index (χ1) is 18.4. The van der Waals surface area contributed by atoms with Crippen molar-refractivity contribution < 1.29 is 0 Å². The van der Waals surface area contributed by atoms with Gasteiger partial charge in [0, 0.05) is 28.6 Å². The molecule has 0 saturated heterocycles. The van der Waals surface area contributed by atoms with E-state index >= 15 is 0 Å². The zero-order chi connectivity index (χ0) is 25.8. The fourth-order valence-electron chi connectivity index (χ4n) is 6.66. The summed E-state index contributed by atoms with van der Waals surface area (Å²) in [5.41, 5.74) is 13.4. The van der Waals surface area contributed by atoms with Crippen LogP contribution in [0.3, 0.4) is 0 Å². The van der Waals surface area contributed by atoms with Gasteiger partial charge in [-0.2, -0.15) is 0 Å². The fourth-order valence-corrected chi connectivity index (χ4v) is 6.66. The van der Waals surface area contributed by atoms with Crippen LogP contribution in [-0.4, -0.2) is 14.5 Å². The first kappa shape index (κ1) is 21.6. The maximum atomic E-state index is 4.58. The molecule has 0 amide bonds. The van der Waals surface area contributed by atoms with Crippen LogP contribution in [0.2, 0.25) is 0 Å². The highest BCUT2D eigenvalue weighted by Crippen LogP contribution is 2.49. The lowest BCUT2D eigenvalue weighted by atomic mass is 9.73. The molecule has 0 bridgehead atoms. The zero-order valence-electron chi connectivity index (χ0n) is 22.0. The van der Waals surface area contributed by atoms with Crippen LogP contribution in [0.15, 0.2) is 91.3 Å². The van der Waals surface area contributed by atoms with Gasteiger partial charge in [-0.25, -0.2) is 0 Å². The molecule has 38 heavy (non-hydrogen) atoms. The molecule has 1 aliphatic heterocycles. The summed E-state index contributed by atoms with van der Waals surface area (Å²) >= 11 is 0. The van der Waals surface area contributed by atoms with Crippen molar-refractivity contribution in [2.75, 3.05) is 0 Å². The molecular weight excluding hydrogens is 462 g/mol. The number of fused-ring (bicyclic) bond motifs is 7. The summed E-state index contributed by atoms with van der Waals surface area (Å²) in [6.45, 7) is 9.16. The van der Waals surface area contributed by atoms with E-state index in [0.717, 1.165) is 11.0 Å². The number of rotatable bonds is 1. The summed E-state index contributed by atoms with van der Waals surface area (Å²) < 4.78 is 2.50. The monoisotopic (exact) mass is 489 g/mol. The number of hydrogen-bond acceptors (Lipinski definition) is 2. The molecule has 2 aromatic heterocycles.